The zero-order valence-corrected chi connectivity index (χ0v) is 15.4. The molecule has 0 radical (unpaired) electrons. The Hall–Kier alpha value is -1.55. The van der Waals surface area contributed by atoms with E-state index in [1.807, 2.05) is 0 Å². The number of likely N-dealkylation sites (tertiary alicyclic amines) is 1. The molecule has 2 aliphatic rings. The van der Waals surface area contributed by atoms with Crippen LogP contribution in [0.3, 0.4) is 0 Å². The highest BCUT2D eigenvalue weighted by atomic mass is 16.5. The Morgan fingerprint density at radius 2 is 2.21 bits per heavy atom. The van der Waals surface area contributed by atoms with Crippen LogP contribution >= 0.6 is 0 Å². The average Bonchev–Trinajstić information content (AvgIpc) is 3.19. The Bertz CT molecular complexity index is 591. The summed E-state index contributed by atoms with van der Waals surface area (Å²) in [6.07, 6.45) is 3.43. The number of rotatable bonds is 4. The fourth-order valence-corrected chi connectivity index (χ4v) is 3.92. The van der Waals surface area contributed by atoms with Crippen LogP contribution in [-0.4, -0.2) is 50.3 Å². The zero-order valence-electron chi connectivity index (χ0n) is 15.4. The van der Waals surface area contributed by atoms with Crippen molar-refractivity contribution < 1.29 is 4.74 Å². The fourth-order valence-electron chi connectivity index (χ4n) is 3.92. The number of hydrogen-bond donors (Lipinski definition) is 1. The Morgan fingerprint density at radius 3 is 2.92 bits per heavy atom. The second-order valence-electron chi connectivity index (χ2n) is 7.39. The van der Waals surface area contributed by atoms with E-state index in [2.05, 4.69) is 49.2 Å². The second-order valence-corrected chi connectivity index (χ2v) is 7.39. The van der Waals surface area contributed by atoms with E-state index in [-0.39, 0.29) is 0 Å². The molecule has 0 bridgehead atoms. The van der Waals surface area contributed by atoms with Gasteiger partial charge in [-0.05, 0) is 51.2 Å². The molecular weight excluding hydrogens is 298 g/mol. The molecule has 3 rings (SSSR count). The Morgan fingerprint density at radius 1 is 1.33 bits per heavy atom. The van der Waals surface area contributed by atoms with Crippen molar-refractivity contribution in [2.45, 2.75) is 40.0 Å². The van der Waals surface area contributed by atoms with Gasteiger partial charge in [-0.2, -0.15) is 0 Å². The molecule has 2 heterocycles. The number of benzene rings is 1. The molecule has 1 atom stereocenters. The SMILES string of the molecule is CCNC(=NCCc1ccc(C)cc1C)N1CCC2(CCOC2)C1. The van der Waals surface area contributed by atoms with Gasteiger partial charge in [-0.25, -0.2) is 0 Å². The summed E-state index contributed by atoms with van der Waals surface area (Å²) in [6.45, 7) is 12.3. The molecule has 0 aliphatic carbocycles. The summed E-state index contributed by atoms with van der Waals surface area (Å²) in [7, 11) is 0. The van der Waals surface area contributed by atoms with Gasteiger partial charge in [-0.1, -0.05) is 23.8 Å². The molecular formula is C20H31N3O. The summed E-state index contributed by atoms with van der Waals surface area (Å²) >= 11 is 0. The highest BCUT2D eigenvalue weighted by Gasteiger charge is 2.42. The molecule has 1 unspecified atom stereocenters. The molecule has 4 heteroatoms. The molecule has 24 heavy (non-hydrogen) atoms. The first-order valence-electron chi connectivity index (χ1n) is 9.29. The van der Waals surface area contributed by atoms with Gasteiger partial charge in [0.2, 0.25) is 0 Å². The van der Waals surface area contributed by atoms with Crippen LogP contribution in [0.25, 0.3) is 0 Å². The maximum Gasteiger partial charge on any atom is 0.193 e. The first kappa shape index (κ1) is 17.3. The van der Waals surface area contributed by atoms with Crippen molar-refractivity contribution in [3.8, 4) is 0 Å². The maximum absolute atomic E-state index is 5.65. The Labute approximate surface area is 146 Å². The van der Waals surface area contributed by atoms with Gasteiger partial charge in [0.1, 0.15) is 0 Å². The fraction of sp³-hybridized carbons (Fsp3) is 0.650. The lowest BCUT2D eigenvalue weighted by molar-refractivity contribution is 0.156. The van der Waals surface area contributed by atoms with Crippen LogP contribution in [-0.2, 0) is 11.2 Å². The molecule has 132 valence electrons. The van der Waals surface area contributed by atoms with E-state index in [1.54, 1.807) is 0 Å². The lowest BCUT2D eigenvalue weighted by atomic mass is 9.87. The highest BCUT2D eigenvalue weighted by Crippen LogP contribution is 2.38. The monoisotopic (exact) mass is 329 g/mol. The zero-order chi connectivity index (χ0) is 17.0. The number of guanidine groups is 1. The van der Waals surface area contributed by atoms with E-state index in [0.29, 0.717) is 5.41 Å². The summed E-state index contributed by atoms with van der Waals surface area (Å²) in [4.78, 5) is 7.33. The van der Waals surface area contributed by atoms with Crippen molar-refractivity contribution >= 4 is 5.96 Å². The van der Waals surface area contributed by atoms with Crippen LogP contribution in [0.5, 0.6) is 0 Å². The molecule has 2 aliphatic heterocycles. The third kappa shape index (κ3) is 3.92. The summed E-state index contributed by atoms with van der Waals surface area (Å²) in [5, 5.41) is 3.48. The standard InChI is InChI=1S/C20H31N3O/c1-4-21-19(23-11-8-20(14-23)9-12-24-15-20)22-10-7-18-6-5-16(2)13-17(18)3/h5-6,13H,4,7-12,14-15H2,1-3H3,(H,21,22). The van der Waals surface area contributed by atoms with Crippen molar-refractivity contribution in [3.05, 3.63) is 34.9 Å². The van der Waals surface area contributed by atoms with Crippen molar-refractivity contribution in [1.29, 1.82) is 0 Å². The van der Waals surface area contributed by atoms with E-state index < -0.39 is 0 Å². The van der Waals surface area contributed by atoms with E-state index in [1.165, 1.54) is 29.5 Å². The second kappa shape index (κ2) is 7.56. The molecule has 0 amide bonds. The maximum atomic E-state index is 5.65. The molecule has 4 nitrogen and oxygen atoms in total. The van der Waals surface area contributed by atoms with Crippen LogP contribution in [0.4, 0.5) is 0 Å². The lowest BCUT2D eigenvalue weighted by Crippen LogP contribution is -2.41. The summed E-state index contributed by atoms with van der Waals surface area (Å²) in [5.74, 6) is 1.08. The number of nitrogens with zero attached hydrogens (tertiary/aromatic N) is 2. The predicted molar refractivity (Wildman–Crippen MR) is 99.7 cm³/mol. The molecule has 2 fully saturated rings. The molecule has 1 aromatic carbocycles. The Balaban J connectivity index is 1.61. The predicted octanol–water partition coefficient (Wildman–Crippen LogP) is 2.92. The number of ether oxygens (including phenoxy) is 1. The smallest absolute Gasteiger partial charge is 0.193 e. The van der Waals surface area contributed by atoms with Crippen molar-refractivity contribution in [1.82, 2.24) is 10.2 Å². The van der Waals surface area contributed by atoms with Crippen LogP contribution in [0, 0.1) is 19.3 Å². The summed E-state index contributed by atoms with van der Waals surface area (Å²) in [5.41, 5.74) is 4.49. The van der Waals surface area contributed by atoms with Gasteiger partial charge in [0, 0.05) is 38.2 Å². The first-order valence-corrected chi connectivity index (χ1v) is 9.29. The number of nitrogens with one attached hydrogen (secondary N) is 1. The molecule has 0 saturated carbocycles. The van der Waals surface area contributed by atoms with Gasteiger partial charge >= 0.3 is 0 Å². The minimum Gasteiger partial charge on any atom is -0.381 e. The van der Waals surface area contributed by atoms with Gasteiger partial charge in [0.25, 0.3) is 0 Å². The van der Waals surface area contributed by atoms with Gasteiger partial charge in [-0.3, -0.25) is 4.99 Å². The topological polar surface area (TPSA) is 36.9 Å². The average molecular weight is 329 g/mol. The lowest BCUT2D eigenvalue weighted by Gasteiger charge is -2.25. The molecule has 2 saturated heterocycles. The molecule has 1 spiro atoms. The largest absolute Gasteiger partial charge is 0.381 e. The quantitative estimate of drug-likeness (QED) is 0.682. The summed E-state index contributed by atoms with van der Waals surface area (Å²) < 4.78 is 5.65. The van der Waals surface area contributed by atoms with Crippen molar-refractivity contribution in [2.24, 2.45) is 10.4 Å². The number of aryl methyl sites for hydroxylation is 2. The van der Waals surface area contributed by atoms with Crippen LogP contribution in [0.15, 0.2) is 23.2 Å². The molecule has 0 aromatic heterocycles. The molecule has 1 N–H and O–H groups in total. The minimum absolute atomic E-state index is 0.379. The van der Waals surface area contributed by atoms with Gasteiger partial charge in [0.15, 0.2) is 5.96 Å². The van der Waals surface area contributed by atoms with E-state index >= 15 is 0 Å². The molecule has 1 aromatic rings. The van der Waals surface area contributed by atoms with Crippen LogP contribution in [0.1, 0.15) is 36.5 Å². The van der Waals surface area contributed by atoms with Crippen LogP contribution in [0.2, 0.25) is 0 Å². The third-order valence-electron chi connectivity index (χ3n) is 5.40. The summed E-state index contributed by atoms with van der Waals surface area (Å²) in [6, 6.07) is 6.70. The van der Waals surface area contributed by atoms with Crippen LogP contribution < -0.4 is 5.32 Å². The van der Waals surface area contributed by atoms with E-state index in [0.717, 1.165) is 51.8 Å². The number of aliphatic imine (C=N–C) groups is 1. The van der Waals surface area contributed by atoms with Gasteiger partial charge in [-0.15, -0.1) is 0 Å². The first-order chi connectivity index (χ1) is 11.6. The van der Waals surface area contributed by atoms with E-state index in [9.17, 15) is 0 Å². The van der Waals surface area contributed by atoms with Gasteiger partial charge in [0.05, 0.1) is 6.61 Å². The number of hydrogen-bond acceptors (Lipinski definition) is 2. The minimum atomic E-state index is 0.379. The van der Waals surface area contributed by atoms with E-state index in [4.69, 9.17) is 9.73 Å². The Kier molecular flexibility index (Phi) is 5.44. The van der Waals surface area contributed by atoms with Crippen molar-refractivity contribution in [3.63, 3.8) is 0 Å². The normalized spacial score (nSPS) is 24.1. The highest BCUT2D eigenvalue weighted by molar-refractivity contribution is 5.80. The van der Waals surface area contributed by atoms with Crippen molar-refractivity contribution in [2.75, 3.05) is 39.4 Å². The third-order valence-corrected chi connectivity index (χ3v) is 5.40. The van der Waals surface area contributed by atoms with Gasteiger partial charge < -0.3 is 15.0 Å².